The van der Waals surface area contributed by atoms with Gasteiger partial charge in [-0.2, -0.15) is 5.10 Å². The number of carbonyl (C=O) groups is 1. The van der Waals surface area contributed by atoms with Gasteiger partial charge in [-0.15, -0.1) is 0 Å². The molecule has 0 aliphatic carbocycles. The van der Waals surface area contributed by atoms with Crippen molar-refractivity contribution in [3.8, 4) is 11.4 Å². The zero-order valence-electron chi connectivity index (χ0n) is 12.9. The lowest BCUT2D eigenvalue weighted by Gasteiger charge is -2.10. The first-order valence-electron chi connectivity index (χ1n) is 7.23. The molecule has 0 radical (unpaired) electrons. The summed E-state index contributed by atoms with van der Waals surface area (Å²) in [5, 5.41) is 5.33. The second-order valence-corrected chi connectivity index (χ2v) is 6.06. The average Bonchev–Trinajstić information content (AvgIpc) is 2.98. The van der Waals surface area contributed by atoms with E-state index in [4.69, 9.17) is 27.9 Å². The zero-order valence-corrected chi connectivity index (χ0v) is 14.4. The van der Waals surface area contributed by atoms with Crippen molar-refractivity contribution in [3.05, 3.63) is 75.5 Å². The van der Waals surface area contributed by atoms with Gasteiger partial charge in [0.15, 0.2) is 6.29 Å². The number of ether oxygens (including phenoxy) is 1. The van der Waals surface area contributed by atoms with E-state index in [9.17, 15) is 4.79 Å². The molecule has 1 aromatic heterocycles. The maximum Gasteiger partial charge on any atom is 0.170 e. The van der Waals surface area contributed by atoms with Crippen LogP contribution < -0.4 is 4.74 Å². The van der Waals surface area contributed by atoms with Gasteiger partial charge in [-0.05, 0) is 42.0 Å². The van der Waals surface area contributed by atoms with Gasteiger partial charge in [0.05, 0.1) is 17.8 Å². The standard InChI is InChI=1S/C18H14Cl2N2O2/c1-24-16-4-2-3-12(8-16)7-15-10-14(11-23)21-22(15)18-6-5-13(19)9-17(18)20/h2-6,8-11H,7H2,1H3. The number of hydrogen-bond donors (Lipinski definition) is 0. The molecule has 0 atom stereocenters. The highest BCUT2D eigenvalue weighted by molar-refractivity contribution is 6.35. The Morgan fingerprint density at radius 1 is 1.17 bits per heavy atom. The minimum absolute atomic E-state index is 0.346. The first kappa shape index (κ1) is 16.6. The smallest absolute Gasteiger partial charge is 0.170 e. The van der Waals surface area contributed by atoms with Gasteiger partial charge in [-0.25, -0.2) is 4.68 Å². The van der Waals surface area contributed by atoms with Gasteiger partial charge in [0, 0.05) is 17.1 Å². The summed E-state index contributed by atoms with van der Waals surface area (Å²) in [7, 11) is 1.63. The number of hydrogen-bond acceptors (Lipinski definition) is 3. The lowest BCUT2D eigenvalue weighted by molar-refractivity contribution is 0.111. The maximum atomic E-state index is 11.1. The van der Waals surface area contributed by atoms with Crippen LogP contribution in [0.15, 0.2) is 48.5 Å². The Kier molecular flexibility index (Phi) is 4.88. The highest BCUT2D eigenvalue weighted by Crippen LogP contribution is 2.26. The van der Waals surface area contributed by atoms with Crippen LogP contribution in [-0.2, 0) is 6.42 Å². The fourth-order valence-electron chi connectivity index (χ4n) is 2.48. The van der Waals surface area contributed by atoms with E-state index in [2.05, 4.69) is 5.10 Å². The van der Waals surface area contributed by atoms with E-state index in [1.54, 1.807) is 36.1 Å². The van der Waals surface area contributed by atoms with Crippen molar-refractivity contribution in [2.45, 2.75) is 6.42 Å². The van der Waals surface area contributed by atoms with Crippen molar-refractivity contribution < 1.29 is 9.53 Å². The van der Waals surface area contributed by atoms with Crippen molar-refractivity contribution in [1.29, 1.82) is 0 Å². The zero-order chi connectivity index (χ0) is 17.1. The van der Waals surface area contributed by atoms with Gasteiger partial charge in [-0.3, -0.25) is 4.79 Å². The van der Waals surface area contributed by atoms with Crippen LogP contribution >= 0.6 is 23.2 Å². The van der Waals surface area contributed by atoms with Crippen LogP contribution in [0.3, 0.4) is 0 Å². The molecule has 0 fully saturated rings. The molecule has 1 heterocycles. The van der Waals surface area contributed by atoms with Crippen LogP contribution in [0.25, 0.3) is 5.69 Å². The molecule has 0 saturated heterocycles. The van der Waals surface area contributed by atoms with Crippen LogP contribution in [0.1, 0.15) is 21.7 Å². The molecule has 0 aliphatic heterocycles. The molecule has 0 unspecified atom stereocenters. The topological polar surface area (TPSA) is 44.1 Å². The normalized spacial score (nSPS) is 10.6. The van der Waals surface area contributed by atoms with Crippen molar-refractivity contribution in [1.82, 2.24) is 9.78 Å². The van der Waals surface area contributed by atoms with Gasteiger partial charge < -0.3 is 4.74 Å². The molecule has 0 aliphatic rings. The third kappa shape index (κ3) is 3.45. The quantitative estimate of drug-likeness (QED) is 0.625. The summed E-state index contributed by atoms with van der Waals surface area (Å²) in [6.07, 6.45) is 1.30. The first-order valence-corrected chi connectivity index (χ1v) is 7.99. The molecule has 0 saturated carbocycles. The number of halogens is 2. The molecule has 0 N–H and O–H groups in total. The molecule has 2 aromatic carbocycles. The number of nitrogens with zero attached hydrogens (tertiary/aromatic N) is 2. The monoisotopic (exact) mass is 360 g/mol. The number of aromatic nitrogens is 2. The Hall–Kier alpha value is -2.30. The Bertz CT molecular complexity index is 890. The summed E-state index contributed by atoms with van der Waals surface area (Å²) in [5.74, 6) is 0.777. The summed E-state index contributed by atoms with van der Waals surface area (Å²) in [5.41, 5.74) is 2.90. The lowest BCUT2D eigenvalue weighted by Crippen LogP contribution is -2.04. The van der Waals surface area contributed by atoms with Crippen molar-refractivity contribution in [3.63, 3.8) is 0 Å². The summed E-state index contributed by atoms with van der Waals surface area (Å²) in [6, 6.07) is 14.7. The Balaban J connectivity index is 2.04. The Morgan fingerprint density at radius 3 is 2.71 bits per heavy atom. The molecule has 6 heteroatoms. The van der Waals surface area contributed by atoms with Gasteiger partial charge in [0.2, 0.25) is 0 Å². The van der Waals surface area contributed by atoms with E-state index in [-0.39, 0.29) is 0 Å². The Labute approximate surface area is 149 Å². The Morgan fingerprint density at radius 2 is 2.00 bits per heavy atom. The van der Waals surface area contributed by atoms with Crippen molar-refractivity contribution in [2.24, 2.45) is 0 Å². The molecule has 0 spiro atoms. The van der Waals surface area contributed by atoms with Crippen LogP contribution in [0.2, 0.25) is 10.0 Å². The van der Waals surface area contributed by atoms with Crippen LogP contribution in [0.4, 0.5) is 0 Å². The molecule has 122 valence electrons. The molecule has 24 heavy (non-hydrogen) atoms. The SMILES string of the molecule is COc1cccc(Cc2cc(C=O)nn2-c2ccc(Cl)cc2Cl)c1. The van der Waals surface area contributed by atoms with E-state index in [1.165, 1.54) is 0 Å². The largest absolute Gasteiger partial charge is 0.497 e. The molecule has 3 aromatic rings. The first-order chi connectivity index (χ1) is 11.6. The highest BCUT2D eigenvalue weighted by Gasteiger charge is 2.13. The maximum absolute atomic E-state index is 11.1. The minimum atomic E-state index is 0.346. The predicted octanol–water partition coefficient (Wildman–Crippen LogP) is 4.59. The molecule has 3 rings (SSSR count). The van der Waals surface area contributed by atoms with Gasteiger partial charge in [0.1, 0.15) is 11.4 Å². The molecule has 0 amide bonds. The number of carbonyl (C=O) groups excluding carboxylic acids is 1. The second kappa shape index (κ2) is 7.07. The third-order valence-electron chi connectivity index (χ3n) is 3.58. The van der Waals surface area contributed by atoms with E-state index >= 15 is 0 Å². The van der Waals surface area contributed by atoms with Gasteiger partial charge in [0.25, 0.3) is 0 Å². The second-order valence-electron chi connectivity index (χ2n) is 5.21. The number of rotatable bonds is 5. The summed E-state index contributed by atoms with van der Waals surface area (Å²) in [4.78, 5) is 11.1. The molecular weight excluding hydrogens is 347 g/mol. The minimum Gasteiger partial charge on any atom is -0.497 e. The van der Waals surface area contributed by atoms with E-state index < -0.39 is 0 Å². The number of aldehydes is 1. The summed E-state index contributed by atoms with van der Waals surface area (Å²) >= 11 is 12.2. The molecule has 0 bridgehead atoms. The van der Waals surface area contributed by atoms with Gasteiger partial charge in [-0.1, -0.05) is 35.3 Å². The highest BCUT2D eigenvalue weighted by atomic mass is 35.5. The predicted molar refractivity (Wildman–Crippen MR) is 94.8 cm³/mol. The van der Waals surface area contributed by atoms with Gasteiger partial charge >= 0.3 is 0 Å². The fraction of sp³-hybridized carbons (Fsp3) is 0.111. The summed E-state index contributed by atoms with van der Waals surface area (Å²) < 4.78 is 6.92. The van der Waals surface area contributed by atoms with Crippen molar-refractivity contribution in [2.75, 3.05) is 7.11 Å². The summed E-state index contributed by atoms with van der Waals surface area (Å²) in [6.45, 7) is 0. The molecular formula is C18H14Cl2N2O2. The number of benzene rings is 2. The van der Waals surface area contributed by atoms with E-state index in [0.717, 1.165) is 23.3 Å². The fourth-order valence-corrected chi connectivity index (χ4v) is 2.97. The number of methoxy groups -OCH3 is 1. The average molecular weight is 361 g/mol. The van der Waals surface area contributed by atoms with E-state index in [1.807, 2.05) is 24.3 Å². The lowest BCUT2D eigenvalue weighted by atomic mass is 10.1. The van der Waals surface area contributed by atoms with Crippen LogP contribution in [0.5, 0.6) is 5.75 Å². The third-order valence-corrected chi connectivity index (χ3v) is 4.12. The van der Waals surface area contributed by atoms with Crippen LogP contribution in [0, 0.1) is 0 Å². The van der Waals surface area contributed by atoms with Crippen LogP contribution in [-0.4, -0.2) is 23.2 Å². The van der Waals surface area contributed by atoms with Crippen molar-refractivity contribution >= 4 is 29.5 Å². The van der Waals surface area contributed by atoms with E-state index in [0.29, 0.717) is 27.8 Å². The molecule has 4 nitrogen and oxygen atoms in total.